The van der Waals surface area contributed by atoms with Gasteiger partial charge in [-0.05, 0) is 13.8 Å². The first-order valence-electron chi connectivity index (χ1n) is 5.91. The van der Waals surface area contributed by atoms with Gasteiger partial charge in [0.05, 0.1) is 24.7 Å². The smallest absolute Gasteiger partial charge is 0.390 e. The Balaban J connectivity index is 2.50. The SMILES string of the molecule is CC(C)n1cc(C(F)(F)F)nc1-c1cnc(CO)cn1. The summed E-state index contributed by atoms with van der Waals surface area (Å²) in [4.78, 5) is 11.5. The lowest BCUT2D eigenvalue weighted by Crippen LogP contribution is -2.05. The van der Waals surface area contributed by atoms with Gasteiger partial charge in [0.25, 0.3) is 0 Å². The molecule has 2 aromatic heterocycles. The Morgan fingerprint density at radius 1 is 1.25 bits per heavy atom. The first kappa shape index (κ1) is 14.4. The van der Waals surface area contributed by atoms with E-state index < -0.39 is 11.9 Å². The minimum atomic E-state index is -4.51. The molecule has 0 saturated heterocycles. The van der Waals surface area contributed by atoms with Gasteiger partial charge in [-0.2, -0.15) is 13.2 Å². The lowest BCUT2D eigenvalue weighted by atomic mass is 10.3. The van der Waals surface area contributed by atoms with Crippen LogP contribution in [0.2, 0.25) is 0 Å². The highest BCUT2D eigenvalue weighted by molar-refractivity contribution is 5.49. The minimum absolute atomic E-state index is 0.101. The molecule has 0 spiro atoms. The normalized spacial score (nSPS) is 12.2. The van der Waals surface area contributed by atoms with Crippen LogP contribution in [0.3, 0.4) is 0 Å². The van der Waals surface area contributed by atoms with Crippen LogP contribution in [0, 0.1) is 0 Å². The minimum Gasteiger partial charge on any atom is -0.390 e. The molecule has 0 unspecified atom stereocenters. The van der Waals surface area contributed by atoms with Crippen molar-refractivity contribution in [2.24, 2.45) is 0 Å². The lowest BCUT2D eigenvalue weighted by molar-refractivity contribution is -0.140. The molecule has 108 valence electrons. The van der Waals surface area contributed by atoms with Crippen molar-refractivity contribution in [3.8, 4) is 11.5 Å². The van der Waals surface area contributed by atoms with Crippen LogP contribution in [0.1, 0.15) is 31.3 Å². The van der Waals surface area contributed by atoms with Crippen LogP contribution in [0.4, 0.5) is 13.2 Å². The van der Waals surface area contributed by atoms with E-state index >= 15 is 0 Å². The van der Waals surface area contributed by atoms with Gasteiger partial charge in [-0.1, -0.05) is 0 Å². The number of rotatable bonds is 3. The molecule has 0 fully saturated rings. The van der Waals surface area contributed by atoms with Gasteiger partial charge in [-0.3, -0.25) is 4.98 Å². The second kappa shape index (κ2) is 5.20. The molecule has 0 atom stereocenters. The summed E-state index contributed by atoms with van der Waals surface area (Å²) in [6.45, 7) is 3.22. The molecule has 2 aromatic rings. The molecule has 5 nitrogen and oxygen atoms in total. The fraction of sp³-hybridized carbons (Fsp3) is 0.417. The highest BCUT2D eigenvalue weighted by atomic mass is 19.4. The highest BCUT2D eigenvalue weighted by Crippen LogP contribution is 2.31. The van der Waals surface area contributed by atoms with E-state index in [1.165, 1.54) is 17.0 Å². The molecule has 2 rings (SSSR count). The third-order valence-corrected chi connectivity index (χ3v) is 2.68. The number of aliphatic hydroxyl groups is 1. The molecule has 0 aromatic carbocycles. The topological polar surface area (TPSA) is 63.8 Å². The molecular weight excluding hydrogens is 273 g/mol. The van der Waals surface area contributed by atoms with Crippen LogP contribution in [0.15, 0.2) is 18.6 Å². The Morgan fingerprint density at radius 3 is 2.40 bits per heavy atom. The van der Waals surface area contributed by atoms with E-state index in [2.05, 4.69) is 15.0 Å². The summed E-state index contributed by atoms with van der Waals surface area (Å²) in [6.07, 6.45) is -0.941. The fourth-order valence-corrected chi connectivity index (χ4v) is 1.67. The molecule has 0 aliphatic heterocycles. The van der Waals surface area contributed by atoms with Gasteiger partial charge in [-0.15, -0.1) is 0 Å². The van der Waals surface area contributed by atoms with E-state index in [0.29, 0.717) is 5.69 Å². The van der Waals surface area contributed by atoms with Crippen molar-refractivity contribution in [1.29, 1.82) is 0 Å². The van der Waals surface area contributed by atoms with Gasteiger partial charge in [-0.25, -0.2) is 9.97 Å². The Kier molecular flexibility index (Phi) is 3.76. The van der Waals surface area contributed by atoms with Crippen LogP contribution in [-0.2, 0) is 12.8 Å². The molecule has 1 N–H and O–H groups in total. The number of alkyl halides is 3. The second-order valence-corrected chi connectivity index (χ2v) is 4.50. The zero-order chi connectivity index (χ0) is 14.9. The average Bonchev–Trinajstić information content (AvgIpc) is 2.84. The Bertz CT molecular complexity index is 590. The summed E-state index contributed by atoms with van der Waals surface area (Å²) in [6, 6.07) is -0.201. The van der Waals surface area contributed by atoms with E-state index in [1.807, 2.05) is 0 Å². The predicted octanol–water partition coefficient (Wildman–Crippen LogP) is 2.43. The summed E-state index contributed by atoms with van der Waals surface area (Å²) >= 11 is 0. The largest absolute Gasteiger partial charge is 0.434 e. The first-order valence-corrected chi connectivity index (χ1v) is 5.91. The molecule has 0 amide bonds. The zero-order valence-corrected chi connectivity index (χ0v) is 10.9. The van der Waals surface area contributed by atoms with Crippen LogP contribution >= 0.6 is 0 Å². The number of halogens is 3. The van der Waals surface area contributed by atoms with E-state index in [4.69, 9.17) is 5.11 Å². The van der Waals surface area contributed by atoms with Crippen LogP contribution in [0.25, 0.3) is 11.5 Å². The number of imidazole rings is 1. The standard InChI is InChI=1S/C12H13F3N4O/c1-7(2)19-5-10(12(13,14)15)18-11(19)9-4-16-8(6-20)3-17-9/h3-5,7,20H,6H2,1-2H3. The first-order chi connectivity index (χ1) is 9.32. The number of nitrogens with zero attached hydrogens (tertiary/aromatic N) is 4. The lowest BCUT2D eigenvalue weighted by Gasteiger charge is -2.10. The summed E-state index contributed by atoms with van der Waals surface area (Å²) in [7, 11) is 0. The maximum Gasteiger partial charge on any atom is 0.434 e. The maximum absolute atomic E-state index is 12.7. The number of hydrogen-bond acceptors (Lipinski definition) is 4. The molecule has 8 heteroatoms. The summed E-state index contributed by atoms with van der Waals surface area (Å²) in [5.41, 5.74) is -0.395. The Hall–Kier alpha value is -1.96. The van der Waals surface area contributed by atoms with Gasteiger partial charge >= 0.3 is 6.18 Å². The van der Waals surface area contributed by atoms with Crippen molar-refractivity contribution in [3.05, 3.63) is 30.0 Å². The average molecular weight is 286 g/mol. The van der Waals surface area contributed by atoms with Crippen LogP contribution in [0.5, 0.6) is 0 Å². The van der Waals surface area contributed by atoms with Gasteiger partial charge in [0, 0.05) is 12.2 Å². The molecule has 0 saturated carbocycles. The number of hydrogen-bond donors (Lipinski definition) is 1. The Labute approximate surface area is 113 Å². The van der Waals surface area contributed by atoms with E-state index in [1.54, 1.807) is 13.8 Å². The van der Waals surface area contributed by atoms with E-state index in [-0.39, 0.29) is 24.2 Å². The molecule has 20 heavy (non-hydrogen) atoms. The van der Waals surface area contributed by atoms with Crippen molar-refractivity contribution in [1.82, 2.24) is 19.5 Å². The number of aliphatic hydroxyl groups excluding tert-OH is 1. The quantitative estimate of drug-likeness (QED) is 0.941. The summed E-state index contributed by atoms with van der Waals surface area (Å²) < 4.78 is 39.6. The molecule has 0 bridgehead atoms. The molecule has 0 aliphatic carbocycles. The van der Waals surface area contributed by atoms with Crippen molar-refractivity contribution in [3.63, 3.8) is 0 Å². The summed E-state index contributed by atoms with van der Waals surface area (Å²) in [5, 5.41) is 8.88. The Morgan fingerprint density at radius 2 is 1.95 bits per heavy atom. The summed E-state index contributed by atoms with van der Waals surface area (Å²) in [5.74, 6) is 0.101. The highest BCUT2D eigenvalue weighted by Gasteiger charge is 2.35. The molecule has 0 aliphatic rings. The van der Waals surface area contributed by atoms with Gasteiger partial charge < -0.3 is 9.67 Å². The maximum atomic E-state index is 12.7. The third-order valence-electron chi connectivity index (χ3n) is 2.68. The van der Waals surface area contributed by atoms with Crippen LogP contribution in [-0.4, -0.2) is 24.6 Å². The monoisotopic (exact) mass is 286 g/mol. The van der Waals surface area contributed by atoms with Gasteiger partial charge in [0.2, 0.25) is 0 Å². The third kappa shape index (κ3) is 2.79. The van der Waals surface area contributed by atoms with Crippen molar-refractivity contribution >= 4 is 0 Å². The van der Waals surface area contributed by atoms with E-state index in [0.717, 1.165) is 6.20 Å². The van der Waals surface area contributed by atoms with Crippen LogP contribution < -0.4 is 0 Å². The molecule has 0 radical (unpaired) electrons. The molecular formula is C12H13F3N4O. The molecule has 2 heterocycles. The van der Waals surface area contributed by atoms with Crippen molar-refractivity contribution in [2.45, 2.75) is 32.7 Å². The fourth-order valence-electron chi connectivity index (χ4n) is 1.67. The zero-order valence-electron chi connectivity index (χ0n) is 10.9. The predicted molar refractivity (Wildman–Crippen MR) is 64.6 cm³/mol. The van der Waals surface area contributed by atoms with Gasteiger partial charge in [0.1, 0.15) is 5.69 Å². The second-order valence-electron chi connectivity index (χ2n) is 4.50. The van der Waals surface area contributed by atoms with Gasteiger partial charge in [0.15, 0.2) is 11.5 Å². The van der Waals surface area contributed by atoms with E-state index in [9.17, 15) is 13.2 Å². The van der Waals surface area contributed by atoms with Crippen molar-refractivity contribution in [2.75, 3.05) is 0 Å². The number of aromatic nitrogens is 4. The van der Waals surface area contributed by atoms with Crippen molar-refractivity contribution < 1.29 is 18.3 Å².